The van der Waals surface area contributed by atoms with E-state index in [2.05, 4.69) is 87.8 Å². The van der Waals surface area contributed by atoms with Gasteiger partial charge in [0, 0.05) is 79.9 Å². The maximum Gasteiger partial charge on any atom is 0.310 e. The Bertz CT molecular complexity index is 3830. The number of carbonyl (C=O) groups excluding carboxylic acids is 8. The number of benzene rings is 2. The van der Waals surface area contributed by atoms with Gasteiger partial charge in [-0.3, -0.25) is 47.3 Å². The summed E-state index contributed by atoms with van der Waals surface area (Å²) in [6.07, 6.45) is 8.43. The number of aliphatic hydroxyl groups excluding tert-OH is 1. The van der Waals surface area contributed by atoms with Crippen LogP contribution in [0.25, 0.3) is 10.4 Å². The van der Waals surface area contributed by atoms with Crippen molar-refractivity contribution in [1.82, 2.24) is 20.1 Å². The minimum absolute atomic E-state index is 0.0245. The molecule has 10 atom stereocenters. The van der Waals surface area contributed by atoms with Crippen LogP contribution in [0.15, 0.2) is 63.5 Å². The summed E-state index contributed by atoms with van der Waals surface area (Å²) in [4.78, 5) is 110. The first-order valence-electron chi connectivity index (χ1n) is 41.8. The van der Waals surface area contributed by atoms with Gasteiger partial charge < -0.3 is 69.2 Å². The van der Waals surface area contributed by atoms with Gasteiger partial charge in [-0.1, -0.05) is 105 Å². The van der Waals surface area contributed by atoms with Crippen molar-refractivity contribution in [2.24, 2.45) is 52.3 Å². The summed E-state index contributed by atoms with van der Waals surface area (Å²) in [5.74, 6) is -3.97. The molecule has 1 aliphatic carbocycles. The van der Waals surface area contributed by atoms with Crippen molar-refractivity contribution in [2.75, 3.05) is 66.4 Å². The van der Waals surface area contributed by atoms with E-state index in [9.17, 15) is 65.5 Å². The van der Waals surface area contributed by atoms with Crippen molar-refractivity contribution in [3.8, 4) is 5.75 Å². The zero-order valence-corrected chi connectivity index (χ0v) is 79.2. The number of fused-ring (bicyclic) bond motifs is 4. The normalized spacial score (nSPS) is 16.1. The number of aromatic hydroxyl groups is 1. The number of methoxy groups -OCH3 is 2. The molecule has 0 radical (unpaired) electrons. The van der Waals surface area contributed by atoms with Crippen LogP contribution in [-0.4, -0.2) is 189 Å². The van der Waals surface area contributed by atoms with Gasteiger partial charge in [-0.25, -0.2) is 8.78 Å². The minimum Gasteiger partial charge on any atom is -0.503 e. The molecule has 692 valence electrons. The molecule has 3 aromatic rings. The number of carbonyl (C=O) groups is 8. The zero-order valence-electron chi connectivity index (χ0n) is 77.2. The Morgan fingerprint density at radius 2 is 1.13 bits per heavy atom. The van der Waals surface area contributed by atoms with E-state index in [-0.39, 0.29) is 144 Å². The number of nitrogens with two attached hydrogens (primary N) is 1. The van der Waals surface area contributed by atoms with Gasteiger partial charge >= 0.3 is 35.8 Å². The van der Waals surface area contributed by atoms with Gasteiger partial charge in [-0.15, -0.1) is 9.24 Å². The molecule has 6 N–H and O–H groups in total. The summed E-state index contributed by atoms with van der Waals surface area (Å²) < 4.78 is 93.0. The number of aryl methyl sites for hydroxylation is 2. The number of hydrogen-bond acceptors (Lipinski definition) is 25. The number of amides is 1. The highest BCUT2D eigenvalue weighted by atomic mass is 32.2. The van der Waals surface area contributed by atoms with Crippen molar-refractivity contribution in [1.29, 1.82) is 0 Å². The predicted octanol–water partition coefficient (Wildman–Crippen LogP) is 15.0. The highest BCUT2D eigenvalue weighted by molar-refractivity contribution is 7.86. The third kappa shape index (κ3) is 52.6. The van der Waals surface area contributed by atoms with E-state index in [0.29, 0.717) is 69.2 Å². The first kappa shape index (κ1) is 116. The molecule has 2 fully saturated rings. The molecular weight excluding hydrogens is 1610 g/mol. The summed E-state index contributed by atoms with van der Waals surface area (Å²) >= 11 is 0. The number of halogens is 2. The van der Waals surface area contributed by atoms with Gasteiger partial charge in [-0.2, -0.15) is 8.42 Å². The highest BCUT2D eigenvalue weighted by Gasteiger charge is 2.47. The number of rotatable bonds is 32. The number of aromatic nitrogens is 1. The number of ether oxygens (including phenoxy) is 7. The fraction of sp³-hybridized carbons (Fsp3) is 0.716. The van der Waals surface area contributed by atoms with Gasteiger partial charge in [-0.05, 0) is 221 Å². The summed E-state index contributed by atoms with van der Waals surface area (Å²) in [5.41, 5.74) is 11.6. The molecule has 3 aliphatic rings. The van der Waals surface area contributed by atoms with Gasteiger partial charge in [0.15, 0.2) is 23.5 Å². The van der Waals surface area contributed by atoms with Crippen molar-refractivity contribution < 1.29 is 103 Å². The molecule has 33 heteroatoms. The molecule has 1 aromatic heterocycles. The number of ketones is 1. The number of azide groups is 1. The molecule has 2 aliphatic heterocycles. The molecule has 6 rings (SSSR count). The second kappa shape index (κ2) is 58.6. The van der Waals surface area contributed by atoms with Gasteiger partial charge in [0.05, 0.1) is 62.9 Å². The average Bonchev–Trinajstić information content (AvgIpc) is 1.73. The number of Topliss-reactive ketones (excluding diaryl/α,β-unsaturated/α-hetero) is 1. The van der Waals surface area contributed by atoms with E-state index in [1.54, 1.807) is 30.9 Å². The average molecular weight is 1760 g/mol. The molecule has 1 saturated heterocycles. The second-order valence-corrected chi connectivity index (χ2v) is 37.8. The predicted molar refractivity (Wildman–Crippen MR) is 469 cm³/mol. The highest BCUT2D eigenvalue weighted by Crippen LogP contribution is 2.39. The first-order valence-corrected chi connectivity index (χ1v) is 44.0. The van der Waals surface area contributed by atoms with Crippen LogP contribution in [0, 0.1) is 60.0 Å². The number of pyridine rings is 1. The van der Waals surface area contributed by atoms with Crippen LogP contribution in [0.5, 0.6) is 5.75 Å². The summed E-state index contributed by atoms with van der Waals surface area (Å²) in [5, 5.41) is 29.0. The Balaban J connectivity index is 0. The lowest BCUT2D eigenvalue weighted by Crippen LogP contribution is -2.59. The Morgan fingerprint density at radius 1 is 0.678 bits per heavy atom. The lowest BCUT2D eigenvalue weighted by atomic mass is 9.98. The third-order valence-electron chi connectivity index (χ3n) is 17.7. The van der Waals surface area contributed by atoms with Crippen molar-refractivity contribution in [3.05, 3.63) is 103 Å². The summed E-state index contributed by atoms with van der Waals surface area (Å²) in [7, 11) is 1.46. The number of esters is 6. The smallest absolute Gasteiger partial charge is 0.310 e. The lowest BCUT2D eigenvalue weighted by Gasteiger charge is -2.46. The molecule has 0 spiro atoms. The van der Waals surface area contributed by atoms with Crippen LogP contribution in [0.1, 0.15) is 268 Å². The topological polar surface area (TPSA) is 409 Å². The van der Waals surface area contributed by atoms with Crippen LogP contribution < -0.4 is 21.8 Å². The van der Waals surface area contributed by atoms with Crippen molar-refractivity contribution in [3.63, 3.8) is 0 Å². The van der Waals surface area contributed by atoms with E-state index in [1.165, 1.54) is 49.3 Å². The maximum absolute atomic E-state index is 13.9. The number of nitrogens with zero attached hydrogens (tertiary/aromatic N) is 5. The monoisotopic (exact) mass is 1760 g/mol. The molecule has 121 heavy (non-hydrogen) atoms. The Hall–Kier alpha value is -7.54. The van der Waals surface area contributed by atoms with Crippen LogP contribution in [0.4, 0.5) is 8.78 Å². The quantitative estimate of drug-likeness (QED) is 0.00566. The third-order valence-corrected chi connectivity index (χ3v) is 19.0. The number of nitrogens with one attached hydrogen (secondary N) is 2. The second-order valence-electron chi connectivity index (χ2n) is 35.3. The molecule has 1 saturated carbocycles. The molecular formula is C88H149F2N8O21PS. The van der Waals surface area contributed by atoms with E-state index >= 15 is 0 Å². The molecule has 2 aromatic carbocycles. The SMILES string of the molecule is CC(C)NC[C@@H](C)CCC(=O)OC(C)(C)C.CC(C)NC[C@@H](C)CN.CCP.COC(=O)[C@@H](C)CCC(=O)OC(C)(C)C.COC(=O)[C@@H](C)CO.C[C@@H](CCC(=O)OC(C)(C)C)CN=[N+]=[N-].Cc1ccc(S(=O)(=O)OC[C@@H](C)CCC(=O)OC(C)(C)C)cc1.O=C(CCc1ccc(F)cc1F)c1cn2c(c(O)c1=O)C(=O)N1[C@@H](C2)OC[C@@H]2CCC[C@@H]21. The molecule has 3 heterocycles. The van der Waals surface area contributed by atoms with E-state index in [0.717, 1.165) is 63.0 Å². The molecule has 1 amide bonds. The number of aliphatic hydroxyl groups is 1. The van der Waals surface area contributed by atoms with Crippen LogP contribution in [0.2, 0.25) is 0 Å². The van der Waals surface area contributed by atoms with E-state index < -0.39 is 67.7 Å². The fourth-order valence-electron chi connectivity index (χ4n) is 11.1. The fourth-order valence-corrected chi connectivity index (χ4v) is 12.1. The molecule has 1 unspecified atom stereocenters. The molecule has 29 nitrogen and oxygen atoms in total. The Morgan fingerprint density at radius 3 is 1.56 bits per heavy atom. The summed E-state index contributed by atoms with van der Waals surface area (Å²) in [6.45, 7) is 49.9. The van der Waals surface area contributed by atoms with Gasteiger partial charge in [0.1, 0.15) is 34.0 Å². The summed E-state index contributed by atoms with van der Waals surface area (Å²) in [6, 6.07) is 10.7. The van der Waals surface area contributed by atoms with Crippen LogP contribution in [0.3, 0.4) is 0 Å². The molecule has 0 bridgehead atoms. The minimum atomic E-state index is -3.76. The Labute approximate surface area is 722 Å². The number of hydrogen-bond donors (Lipinski definition) is 5. The van der Waals surface area contributed by atoms with Crippen LogP contribution >= 0.6 is 9.24 Å². The van der Waals surface area contributed by atoms with Crippen molar-refractivity contribution in [2.45, 2.75) is 308 Å². The van der Waals surface area contributed by atoms with E-state index in [1.807, 2.05) is 104 Å². The largest absolute Gasteiger partial charge is 0.503 e. The van der Waals surface area contributed by atoms with Crippen LogP contribution in [-0.2, 0) is 89.2 Å². The van der Waals surface area contributed by atoms with Gasteiger partial charge in [0.25, 0.3) is 16.0 Å². The van der Waals surface area contributed by atoms with Crippen molar-refractivity contribution >= 4 is 66.9 Å². The maximum atomic E-state index is 13.9. The standard InChI is InChI=1S/C23H22F2N2O5.C17H26O5S.C13H27NO2.C11H20O4.C10H19N3O2.C7H18N2.C5H10O3.C2H7P/c24-14-6-4-12(16(25)8-14)5-7-18(28)15-9-26-10-19-27(17-3-1-2-13(17)11-32-19)23(31)20(26)22(30)21(15)29;1-13-6-9-15(10-7-13)23(19,20)21-12-14(2)8-11-16(18)22-17(3,4)5;1-10(2)14-9-11(3)7-8-12(15)16-13(4,5)6;1-8(10(13)14-5)6-7-9(12)15-11(2,3)4;1-8(7-12-13-11)5-6-9(14)15-10(2,3)4;1-6(2)9-5-7(3)4-8;1-4(3-6)5(7)8-2;1-2-3/h4,6,8-9,13,17,19,30H,1-3,5,7,10-11H2;6-7,9-10,14H,8,11-12H2,1-5H3;10-11,14H,7-9H2,1-6H3;8H,6-7H2,1-5H3;8H,5-7H2,1-4H3;6-7,9H,4-5,8H2,1-3H3;4,6H,3H2,1-2H3;2-3H2,1H3/t13-,17-,19+;14-;11-;2*8-;7-;4-;/m0000000./s1. The Kier molecular flexibility index (Phi) is 55.9. The first-order chi connectivity index (χ1) is 55.9. The van der Waals surface area contributed by atoms with E-state index in [4.69, 9.17) is 44.2 Å². The lowest BCUT2D eigenvalue weighted by molar-refractivity contribution is -0.157. The van der Waals surface area contributed by atoms with Gasteiger partial charge in [0.2, 0.25) is 5.43 Å². The zero-order chi connectivity index (χ0) is 93.5.